The lowest BCUT2D eigenvalue weighted by atomic mass is 9.91. The molecule has 8 heteroatoms. The number of aromatic nitrogens is 2. The van der Waals surface area contributed by atoms with Gasteiger partial charge in [-0.3, -0.25) is 30.2 Å². The molecule has 42 heavy (non-hydrogen) atoms. The first kappa shape index (κ1) is 27.0. The van der Waals surface area contributed by atoms with Crippen LogP contribution in [0.15, 0.2) is 103 Å². The molecular formula is C34H31N5O3. The monoisotopic (exact) mass is 557 g/mol. The number of aromatic amines is 1. The van der Waals surface area contributed by atoms with E-state index in [1.165, 1.54) is 6.20 Å². The zero-order valence-corrected chi connectivity index (χ0v) is 23.4. The summed E-state index contributed by atoms with van der Waals surface area (Å²) in [5.41, 5.74) is 10.4. The SMILES string of the molecule is CC(C)CC(C(=O)NNC(=O)c1ccccn1)N1C(=O)c2ccccc2C1c1c(-c2ccccc2)[nH]c2ccccc12. The minimum Gasteiger partial charge on any atom is -0.354 e. The van der Waals surface area contributed by atoms with Crippen molar-refractivity contribution in [2.75, 3.05) is 0 Å². The van der Waals surface area contributed by atoms with Gasteiger partial charge in [0, 0.05) is 28.2 Å². The molecule has 2 atom stereocenters. The Morgan fingerprint density at radius 3 is 2.36 bits per heavy atom. The molecule has 2 aromatic heterocycles. The largest absolute Gasteiger partial charge is 0.354 e. The van der Waals surface area contributed by atoms with Crippen molar-refractivity contribution < 1.29 is 14.4 Å². The smallest absolute Gasteiger partial charge is 0.288 e. The topological polar surface area (TPSA) is 107 Å². The summed E-state index contributed by atoms with van der Waals surface area (Å²) in [4.78, 5) is 50.1. The second-order valence-corrected chi connectivity index (χ2v) is 10.8. The molecule has 1 aliphatic heterocycles. The molecule has 3 aromatic carbocycles. The number of hydrazine groups is 1. The number of nitrogens with zero attached hydrogens (tertiary/aromatic N) is 2. The Bertz CT molecular complexity index is 1760. The number of H-pyrrole nitrogens is 1. The summed E-state index contributed by atoms with van der Waals surface area (Å²) in [6, 6.07) is 29.1. The molecule has 5 aromatic rings. The Hall–Kier alpha value is -5.24. The lowest BCUT2D eigenvalue weighted by Crippen LogP contribution is -2.54. The standard InChI is InChI=1S/C34H31N5O3/c1-21(2)20-28(33(41)38-37-32(40)27-18-10-11-19-35-27)39-31(23-14-6-7-15-24(23)34(39)42)29-25-16-8-9-17-26(25)36-30(29)22-12-4-3-5-13-22/h3-19,21,28,31,36H,20H2,1-2H3,(H,37,40)(H,38,41). The fraction of sp³-hybridized carbons (Fsp3) is 0.176. The maximum atomic E-state index is 14.2. The van der Waals surface area contributed by atoms with E-state index < -0.39 is 23.9 Å². The minimum absolute atomic E-state index is 0.0842. The number of carbonyl (C=O) groups excluding carboxylic acids is 3. The molecule has 0 bridgehead atoms. The van der Waals surface area contributed by atoms with E-state index in [0.717, 1.165) is 33.3 Å². The zero-order valence-electron chi connectivity index (χ0n) is 23.4. The van der Waals surface area contributed by atoms with Gasteiger partial charge in [-0.05, 0) is 47.7 Å². The van der Waals surface area contributed by atoms with E-state index in [2.05, 4.69) is 20.8 Å². The zero-order chi connectivity index (χ0) is 29.2. The van der Waals surface area contributed by atoms with Crippen LogP contribution < -0.4 is 10.9 Å². The van der Waals surface area contributed by atoms with E-state index in [1.807, 2.05) is 92.7 Å². The van der Waals surface area contributed by atoms with Crippen LogP contribution >= 0.6 is 0 Å². The number of hydrogen-bond donors (Lipinski definition) is 3. The average molecular weight is 558 g/mol. The predicted octanol–water partition coefficient (Wildman–Crippen LogP) is 5.65. The van der Waals surface area contributed by atoms with Crippen LogP contribution in [0.4, 0.5) is 0 Å². The molecule has 0 fully saturated rings. The van der Waals surface area contributed by atoms with Gasteiger partial charge in [-0.1, -0.05) is 86.6 Å². The third-order valence-electron chi connectivity index (χ3n) is 7.61. The molecule has 0 radical (unpaired) electrons. The number of hydrogen-bond acceptors (Lipinski definition) is 4. The van der Waals surface area contributed by atoms with Crippen molar-refractivity contribution in [2.24, 2.45) is 5.92 Å². The number of para-hydroxylation sites is 1. The maximum Gasteiger partial charge on any atom is 0.288 e. The summed E-state index contributed by atoms with van der Waals surface area (Å²) in [6.45, 7) is 4.02. The molecule has 210 valence electrons. The summed E-state index contributed by atoms with van der Waals surface area (Å²) in [6.07, 6.45) is 1.90. The van der Waals surface area contributed by atoms with E-state index in [0.29, 0.717) is 12.0 Å². The van der Waals surface area contributed by atoms with Crippen LogP contribution in [-0.2, 0) is 4.79 Å². The Labute approximate surface area is 243 Å². The van der Waals surface area contributed by atoms with Crippen LogP contribution in [0.25, 0.3) is 22.2 Å². The number of carbonyl (C=O) groups is 3. The number of pyridine rings is 1. The number of nitrogens with one attached hydrogen (secondary N) is 3. The van der Waals surface area contributed by atoms with Gasteiger partial charge in [-0.25, -0.2) is 0 Å². The van der Waals surface area contributed by atoms with Crippen molar-refractivity contribution in [1.82, 2.24) is 25.7 Å². The van der Waals surface area contributed by atoms with Gasteiger partial charge in [0.05, 0.1) is 11.7 Å². The normalized spacial score (nSPS) is 15.1. The van der Waals surface area contributed by atoms with Crippen LogP contribution in [0.1, 0.15) is 58.3 Å². The lowest BCUT2D eigenvalue weighted by Gasteiger charge is -2.34. The van der Waals surface area contributed by atoms with E-state index in [-0.39, 0.29) is 17.5 Å². The summed E-state index contributed by atoms with van der Waals surface area (Å²) >= 11 is 0. The number of rotatable bonds is 7. The highest BCUT2D eigenvalue weighted by Gasteiger charge is 2.45. The molecule has 0 saturated carbocycles. The van der Waals surface area contributed by atoms with Gasteiger partial charge in [0.1, 0.15) is 11.7 Å². The fourth-order valence-corrected chi connectivity index (χ4v) is 5.79. The molecule has 8 nitrogen and oxygen atoms in total. The number of amides is 3. The summed E-state index contributed by atoms with van der Waals surface area (Å²) in [5.74, 6) is -1.15. The highest BCUT2D eigenvalue weighted by Crippen LogP contribution is 2.46. The van der Waals surface area contributed by atoms with Crippen molar-refractivity contribution in [3.05, 3.63) is 126 Å². The first-order chi connectivity index (χ1) is 20.4. The lowest BCUT2D eigenvalue weighted by molar-refractivity contribution is -0.127. The van der Waals surface area contributed by atoms with Crippen molar-refractivity contribution in [1.29, 1.82) is 0 Å². The second-order valence-electron chi connectivity index (χ2n) is 10.8. The van der Waals surface area contributed by atoms with Crippen LogP contribution in [-0.4, -0.2) is 38.6 Å². The van der Waals surface area contributed by atoms with Crippen molar-refractivity contribution >= 4 is 28.6 Å². The highest BCUT2D eigenvalue weighted by molar-refractivity contribution is 6.04. The molecule has 3 amide bonds. The third kappa shape index (κ3) is 4.92. The Kier molecular flexibility index (Phi) is 7.27. The third-order valence-corrected chi connectivity index (χ3v) is 7.61. The highest BCUT2D eigenvalue weighted by atomic mass is 16.2. The predicted molar refractivity (Wildman–Crippen MR) is 161 cm³/mol. The quantitative estimate of drug-likeness (QED) is 0.225. The van der Waals surface area contributed by atoms with Gasteiger partial charge in [0.25, 0.3) is 17.7 Å². The van der Waals surface area contributed by atoms with Crippen molar-refractivity contribution in [3.63, 3.8) is 0 Å². The van der Waals surface area contributed by atoms with Gasteiger partial charge in [-0.2, -0.15) is 0 Å². The summed E-state index contributed by atoms with van der Waals surface area (Å²) in [7, 11) is 0. The number of fused-ring (bicyclic) bond motifs is 2. The fourth-order valence-electron chi connectivity index (χ4n) is 5.79. The second kappa shape index (κ2) is 11.3. The van der Waals surface area contributed by atoms with Crippen molar-refractivity contribution in [3.8, 4) is 11.3 Å². The first-order valence-electron chi connectivity index (χ1n) is 14.0. The van der Waals surface area contributed by atoms with E-state index in [9.17, 15) is 14.4 Å². The maximum absolute atomic E-state index is 14.2. The van der Waals surface area contributed by atoms with Gasteiger partial charge in [0.2, 0.25) is 0 Å². The molecular weight excluding hydrogens is 526 g/mol. The van der Waals surface area contributed by atoms with Gasteiger partial charge in [0.15, 0.2) is 0 Å². The van der Waals surface area contributed by atoms with Crippen molar-refractivity contribution in [2.45, 2.75) is 32.4 Å². The van der Waals surface area contributed by atoms with Gasteiger partial charge < -0.3 is 9.88 Å². The molecule has 2 unspecified atom stereocenters. The minimum atomic E-state index is -0.865. The molecule has 3 N–H and O–H groups in total. The average Bonchev–Trinajstić information content (AvgIpc) is 3.54. The molecule has 0 spiro atoms. The van der Waals surface area contributed by atoms with Crippen LogP contribution in [0.5, 0.6) is 0 Å². The molecule has 1 aliphatic rings. The Morgan fingerprint density at radius 2 is 1.60 bits per heavy atom. The first-order valence-corrected chi connectivity index (χ1v) is 14.0. The molecule has 0 saturated heterocycles. The van der Waals surface area contributed by atoms with Gasteiger partial charge in [-0.15, -0.1) is 0 Å². The van der Waals surface area contributed by atoms with E-state index in [4.69, 9.17) is 0 Å². The summed E-state index contributed by atoms with van der Waals surface area (Å²) in [5, 5.41) is 0.975. The summed E-state index contributed by atoms with van der Waals surface area (Å²) < 4.78 is 0. The van der Waals surface area contributed by atoms with E-state index >= 15 is 0 Å². The van der Waals surface area contributed by atoms with Crippen LogP contribution in [0, 0.1) is 5.92 Å². The number of benzene rings is 3. The van der Waals surface area contributed by atoms with Crippen LogP contribution in [0.3, 0.4) is 0 Å². The van der Waals surface area contributed by atoms with E-state index in [1.54, 1.807) is 23.1 Å². The van der Waals surface area contributed by atoms with Crippen LogP contribution in [0.2, 0.25) is 0 Å². The Balaban J connectivity index is 1.46. The molecule has 6 rings (SSSR count). The Morgan fingerprint density at radius 1 is 0.881 bits per heavy atom. The molecule has 3 heterocycles. The van der Waals surface area contributed by atoms with Gasteiger partial charge >= 0.3 is 0 Å². The molecule has 0 aliphatic carbocycles.